The first-order valence-corrected chi connectivity index (χ1v) is 6.36. The lowest BCUT2D eigenvalue weighted by molar-refractivity contribution is 0.375. The molecule has 0 saturated heterocycles. The van der Waals surface area contributed by atoms with E-state index in [0.29, 0.717) is 0 Å². The third-order valence-corrected chi connectivity index (χ3v) is 2.92. The predicted molar refractivity (Wildman–Crippen MR) is 66.9 cm³/mol. The van der Waals surface area contributed by atoms with E-state index in [0.717, 1.165) is 24.4 Å². The monoisotopic (exact) mass is 224 g/mol. The summed E-state index contributed by atoms with van der Waals surface area (Å²) < 4.78 is 5.70. The Morgan fingerprint density at radius 1 is 1.25 bits per heavy atom. The van der Waals surface area contributed by atoms with Gasteiger partial charge in [0.2, 0.25) is 0 Å². The molecule has 1 heterocycles. The summed E-state index contributed by atoms with van der Waals surface area (Å²) in [5, 5.41) is 0. The van der Waals surface area contributed by atoms with E-state index in [1.54, 1.807) is 0 Å². The molecule has 3 heteroatoms. The highest BCUT2D eigenvalue weighted by Gasteiger charge is 2.13. The third kappa shape index (κ3) is 3.99. The van der Waals surface area contributed by atoms with E-state index < -0.39 is 0 Å². The van der Waals surface area contributed by atoms with Gasteiger partial charge in [-0.25, -0.2) is 5.43 Å². The van der Waals surface area contributed by atoms with Gasteiger partial charge in [-0.1, -0.05) is 39.5 Å². The SMILES string of the molecule is CCCCCCC(NN)c1ccc(CC)o1. The molecule has 0 bridgehead atoms. The molecule has 0 aromatic carbocycles. The Bertz CT molecular complexity index is 283. The summed E-state index contributed by atoms with van der Waals surface area (Å²) in [5.74, 6) is 7.56. The fourth-order valence-corrected chi connectivity index (χ4v) is 1.85. The Balaban J connectivity index is 2.40. The molecule has 0 radical (unpaired) electrons. The quantitative estimate of drug-likeness (QED) is 0.404. The summed E-state index contributed by atoms with van der Waals surface area (Å²) in [6.45, 7) is 4.31. The van der Waals surface area contributed by atoms with Gasteiger partial charge in [-0.3, -0.25) is 5.84 Å². The smallest absolute Gasteiger partial charge is 0.122 e. The van der Waals surface area contributed by atoms with E-state index in [9.17, 15) is 0 Å². The first-order valence-electron chi connectivity index (χ1n) is 6.36. The molecule has 0 saturated carbocycles. The molecule has 92 valence electrons. The Labute approximate surface area is 98.4 Å². The first-order chi connectivity index (χ1) is 7.81. The summed E-state index contributed by atoms with van der Waals surface area (Å²) >= 11 is 0. The molecule has 1 rings (SSSR count). The highest BCUT2D eigenvalue weighted by atomic mass is 16.3. The van der Waals surface area contributed by atoms with E-state index in [-0.39, 0.29) is 6.04 Å². The van der Waals surface area contributed by atoms with Crippen LogP contribution < -0.4 is 11.3 Å². The molecule has 1 aromatic heterocycles. The zero-order valence-electron chi connectivity index (χ0n) is 10.5. The van der Waals surface area contributed by atoms with Crippen LogP contribution in [0.5, 0.6) is 0 Å². The van der Waals surface area contributed by atoms with Gasteiger partial charge in [-0.15, -0.1) is 0 Å². The minimum Gasteiger partial charge on any atom is -0.464 e. The van der Waals surface area contributed by atoms with Crippen LogP contribution in [0.15, 0.2) is 16.5 Å². The van der Waals surface area contributed by atoms with Gasteiger partial charge in [-0.05, 0) is 18.6 Å². The van der Waals surface area contributed by atoms with Crippen molar-refractivity contribution >= 4 is 0 Å². The van der Waals surface area contributed by atoms with Crippen molar-refractivity contribution in [1.29, 1.82) is 0 Å². The molecule has 16 heavy (non-hydrogen) atoms. The lowest BCUT2D eigenvalue weighted by Gasteiger charge is -2.12. The highest BCUT2D eigenvalue weighted by molar-refractivity contribution is 5.10. The topological polar surface area (TPSA) is 51.2 Å². The van der Waals surface area contributed by atoms with Gasteiger partial charge in [0.1, 0.15) is 11.5 Å². The number of hydrogen-bond donors (Lipinski definition) is 2. The lowest BCUT2D eigenvalue weighted by Crippen LogP contribution is -2.27. The number of hydrogen-bond acceptors (Lipinski definition) is 3. The lowest BCUT2D eigenvalue weighted by atomic mass is 10.1. The predicted octanol–water partition coefficient (Wildman–Crippen LogP) is 3.32. The fraction of sp³-hybridized carbons (Fsp3) is 0.692. The zero-order valence-corrected chi connectivity index (χ0v) is 10.5. The van der Waals surface area contributed by atoms with Crippen LogP contribution in [0.3, 0.4) is 0 Å². The van der Waals surface area contributed by atoms with Crippen molar-refractivity contribution in [3.8, 4) is 0 Å². The van der Waals surface area contributed by atoms with Gasteiger partial charge >= 0.3 is 0 Å². The first kappa shape index (κ1) is 13.3. The molecule has 1 unspecified atom stereocenters. The Kier molecular flexibility index (Phi) is 6.19. The zero-order chi connectivity index (χ0) is 11.8. The van der Waals surface area contributed by atoms with Crippen molar-refractivity contribution in [1.82, 2.24) is 5.43 Å². The number of unbranched alkanes of at least 4 members (excludes halogenated alkanes) is 3. The largest absolute Gasteiger partial charge is 0.464 e. The maximum atomic E-state index is 5.70. The molecule has 3 nitrogen and oxygen atoms in total. The number of hydrazine groups is 1. The molecule has 0 fully saturated rings. The minimum atomic E-state index is 0.164. The van der Waals surface area contributed by atoms with Crippen molar-refractivity contribution in [2.45, 2.75) is 58.4 Å². The van der Waals surface area contributed by atoms with E-state index in [1.807, 2.05) is 12.1 Å². The highest BCUT2D eigenvalue weighted by Crippen LogP contribution is 2.21. The molecular weight excluding hydrogens is 200 g/mol. The van der Waals surface area contributed by atoms with Crippen LogP contribution in [0.1, 0.15) is 63.5 Å². The van der Waals surface area contributed by atoms with E-state index >= 15 is 0 Å². The second-order valence-electron chi connectivity index (χ2n) is 4.23. The van der Waals surface area contributed by atoms with Crippen LogP contribution in [0.2, 0.25) is 0 Å². The maximum Gasteiger partial charge on any atom is 0.122 e. The van der Waals surface area contributed by atoms with Crippen LogP contribution in [0.25, 0.3) is 0 Å². The second kappa shape index (κ2) is 7.47. The van der Waals surface area contributed by atoms with Crippen LogP contribution in [-0.4, -0.2) is 0 Å². The number of nitrogens with two attached hydrogens (primary N) is 1. The molecule has 1 atom stereocenters. The molecular formula is C13H24N2O. The summed E-state index contributed by atoms with van der Waals surface area (Å²) in [4.78, 5) is 0. The summed E-state index contributed by atoms with van der Waals surface area (Å²) in [6, 6.07) is 4.23. The van der Waals surface area contributed by atoms with Crippen molar-refractivity contribution in [2.75, 3.05) is 0 Å². The Hall–Kier alpha value is -0.800. The minimum absolute atomic E-state index is 0.164. The normalized spacial score (nSPS) is 12.9. The van der Waals surface area contributed by atoms with Gasteiger partial charge in [0.05, 0.1) is 6.04 Å². The number of rotatable bonds is 8. The van der Waals surface area contributed by atoms with Crippen molar-refractivity contribution in [3.05, 3.63) is 23.7 Å². The summed E-state index contributed by atoms with van der Waals surface area (Å²) in [5.41, 5.74) is 2.84. The van der Waals surface area contributed by atoms with Crippen LogP contribution in [-0.2, 0) is 6.42 Å². The van der Waals surface area contributed by atoms with Crippen molar-refractivity contribution in [2.24, 2.45) is 5.84 Å². The average Bonchev–Trinajstić information content (AvgIpc) is 2.78. The summed E-state index contributed by atoms with van der Waals surface area (Å²) in [7, 11) is 0. The van der Waals surface area contributed by atoms with E-state index in [2.05, 4.69) is 19.3 Å². The Morgan fingerprint density at radius 3 is 2.62 bits per heavy atom. The van der Waals surface area contributed by atoms with Crippen molar-refractivity contribution < 1.29 is 4.42 Å². The average molecular weight is 224 g/mol. The summed E-state index contributed by atoms with van der Waals surface area (Å²) in [6.07, 6.45) is 7.03. The fourth-order valence-electron chi connectivity index (χ4n) is 1.85. The standard InChI is InChI=1S/C13H24N2O/c1-3-5-6-7-8-12(15-14)13-10-9-11(4-2)16-13/h9-10,12,15H,3-8,14H2,1-2H3. The maximum absolute atomic E-state index is 5.70. The van der Waals surface area contributed by atoms with Crippen molar-refractivity contribution in [3.63, 3.8) is 0 Å². The number of nitrogens with one attached hydrogen (secondary N) is 1. The molecule has 0 spiro atoms. The Morgan fingerprint density at radius 2 is 2.06 bits per heavy atom. The van der Waals surface area contributed by atoms with Gasteiger partial charge in [0.25, 0.3) is 0 Å². The molecule has 0 aliphatic rings. The third-order valence-electron chi connectivity index (χ3n) is 2.92. The molecule has 0 amide bonds. The molecule has 1 aromatic rings. The van der Waals surface area contributed by atoms with Crippen LogP contribution >= 0.6 is 0 Å². The van der Waals surface area contributed by atoms with E-state index in [4.69, 9.17) is 10.3 Å². The second-order valence-corrected chi connectivity index (χ2v) is 4.23. The van der Waals surface area contributed by atoms with Crippen LogP contribution in [0.4, 0.5) is 0 Å². The van der Waals surface area contributed by atoms with Gasteiger partial charge in [0.15, 0.2) is 0 Å². The van der Waals surface area contributed by atoms with Gasteiger partial charge < -0.3 is 4.42 Å². The molecule has 0 aliphatic carbocycles. The number of aryl methyl sites for hydroxylation is 1. The van der Waals surface area contributed by atoms with Gasteiger partial charge in [-0.2, -0.15) is 0 Å². The number of furan rings is 1. The molecule has 3 N–H and O–H groups in total. The molecule has 0 aliphatic heterocycles. The van der Waals surface area contributed by atoms with Gasteiger partial charge in [0, 0.05) is 6.42 Å². The van der Waals surface area contributed by atoms with Crippen LogP contribution in [0, 0.1) is 0 Å². The van der Waals surface area contributed by atoms with E-state index in [1.165, 1.54) is 25.7 Å².